The number of piperidine rings is 1. The zero-order valence-corrected chi connectivity index (χ0v) is 15.5. The molecule has 0 aromatic carbocycles. The summed E-state index contributed by atoms with van der Waals surface area (Å²) in [5.74, 6) is 2.12. The zero-order valence-electron chi connectivity index (χ0n) is 15.5. The third kappa shape index (κ3) is 4.94. The number of nitrogens with two attached hydrogens (primary N) is 1. The summed E-state index contributed by atoms with van der Waals surface area (Å²) >= 11 is 0. The maximum atomic E-state index is 12.5. The minimum Gasteiger partial charge on any atom is -0.357 e. The van der Waals surface area contributed by atoms with Crippen molar-refractivity contribution in [2.75, 3.05) is 24.5 Å². The largest absolute Gasteiger partial charge is 0.357 e. The number of hydrogen-bond acceptors (Lipinski definition) is 4. The molecule has 0 bridgehead atoms. The van der Waals surface area contributed by atoms with E-state index >= 15 is 0 Å². The lowest BCUT2D eigenvalue weighted by Gasteiger charge is -2.32. The Hall–Kier alpha value is -1.62. The summed E-state index contributed by atoms with van der Waals surface area (Å²) in [6.07, 6.45) is 4.93. The smallest absolute Gasteiger partial charge is 0.253 e. The summed E-state index contributed by atoms with van der Waals surface area (Å²) in [6, 6.07) is 3.81. The molecule has 1 fully saturated rings. The van der Waals surface area contributed by atoms with Crippen LogP contribution in [0.5, 0.6) is 0 Å². The molecular formula is C19H32N4O. The van der Waals surface area contributed by atoms with Crippen LogP contribution in [-0.4, -0.2) is 36.1 Å². The van der Waals surface area contributed by atoms with E-state index in [1.165, 1.54) is 12.8 Å². The Morgan fingerprint density at radius 1 is 1.42 bits per heavy atom. The van der Waals surface area contributed by atoms with Gasteiger partial charge in [0.15, 0.2) is 0 Å². The van der Waals surface area contributed by atoms with Gasteiger partial charge in [0, 0.05) is 31.4 Å². The first kappa shape index (κ1) is 18.7. The number of amides is 1. The highest BCUT2D eigenvalue weighted by atomic mass is 16.1. The summed E-state index contributed by atoms with van der Waals surface area (Å²) in [5.41, 5.74) is 6.09. The number of carbonyl (C=O) groups is 1. The number of hydrogen-bond donors (Lipinski definition) is 2. The van der Waals surface area contributed by atoms with E-state index in [4.69, 9.17) is 5.73 Å². The number of pyridine rings is 1. The maximum absolute atomic E-state index is 12.5. The molecule has 5 nitrogen and oxygen atoms in total. The predicted octanol–water partition coefficient (Wildman–Crippen LogP) is 2.81. The second-order valence-electron chi connectivity index (χ2n) is 7.89. The van der Waals surface area contributed by atoms with Gasteiger partial charge in [-0.3, -0.25) is 4.79 Å². The van der Waals surface area contributed by atoms with Crippen molar-refractivity contribution >= 4 is 11.7 Å². The molecule has 24 heavy (non-hydrogen) atoms. The van der Waals surface area contributed by atoms with Gasteiger partial charge in [-0.25, -0.2) is 4.98 Å². The summed E-state index contributed by atoms with van der Waals surface area (Å²) < 4.78 is 0. The lowest BCUT2D eigenvalue weighted by Crippen LogP contribution is -2.52. The van der Waals surface area contributed by atoms with Crippen molar-refractivity contribution < 1.29 is 4.79 Å². The van der Waals surface area contributed by atoms with Crippen LogP contribution < -0.4 is 16.0 Å². The van der Waals surface area contributed by atoms with Crippen LogP contribution in [0.4, 0.5) is 5.82 Å². The van der Waals surface area contributed by atoms with Gasteiger partial charge in [-0.05, 0) is 50.2 Å². The van der Waals surface area contributed by atoms with Gasteiger partial charge < -0.3 is 16.0 Å². The number of nitrogens with one attached hydrogen (secondary N) is 1. The Morgan fingerprint density at radius 3 is 2.58 bits per heavy atom. The molecule has 5 heteroatoms. The quantitative estimate of drug-likeness (QED) is 0.840. The summed E-state index contributed by atoms with van der Waals surface area (Å²) in [5, 5.41) is 3.08. The van der Waals surface area contributed by atoms with Crippen LogP contribution in [0.3, 0.4) is 0 Å². The molecule has 0 saturated carbocycles. The molecule has 1 unspecified atom stereocenters. The molecule has 1 saturated heterocycles. The van der Waals surface area contributed by atoms with E-state index in [1.807, 2.05) is 19.1 Å². The molecule has 1 atom stereocenters. The number of carbonyl (C=O) groups excluding carboxylic acids is 1. The van der Waals surface area contributed by atoms with Gasteiger partial charge in [-0.2, -0.15) is 0 Å². The third-order valence-electron chi connectivity index (χ3n) is 4.84. The van der Waals surface area contributed by atoms with Crippen LogP contribution in [0.2, 0.25) is 0 Å². The Kier molecular flexibility index (Phi) is 6.21. The minimum absolute atomic E-state index is 0.102. The Bertz CT molecular complexity index is 535. The molecule has 3 N–H and O–H groups in total. The summed E-state index contributed by atoms with van der Waals surface area (Å²) in [4.78, 5) is 19.3. The zero-order chi connectivity index (χ0) is 17.7. The Morgan fingerprint density at radius 2 is 2.08 bits per heavy atom. The van der Waals surface area contributed by atoms with Gasteiger partial charge in [0.05, 0.1) is 5.56 Å². The first-order chi connectivity index (χ1) is 11.3. The third-order valence-corrected chi connectivity index (χ3v) is 4.84. The molecule has 2 rings (SSSR count). The van der Waals surface area contributed by atoms with Crippen molar-refractivity contribution in [2.45, 2.75) is 52.5 Å². The molecule has 0 aliphatic carbocycles. The van der Waals surface area contributed by atoms with Crippen LogP contribution >= 0.6 is 0 Å². The van der Waals surface area contributed by atoms with Gasteiger partial charge in [0.1, 0.15) is 5.82 Å². The summed E-state index contributed by atoms with van der Waals surface area (Å²) in [7, 11) is 0. The molecule has 1 aromatic rings. The monoisotopic (exact) mass is 332 g/mol. The van der Waals surface area contributed by atoms with Crippen LogP contribution in [-0.2, 0) is 0 Å². The number of nitrogens with zero attached hydrogens (tertiary/aromatic N) is 2. The predicted molar refractivity (Wildman–Crippen MR) is 99.2 cm³/mol. The van der Waals surface area contributed by atoms with E-state index < -0.39 is 0 Å². The van der Waals surface area contributed by atoms with Gasteiger partial charge in [0.25, 0.3) is 5.91 Å². The molecule has 1 aliphatic heterocycles. The van der Waals surface area contributed by atoms with E-state index in [9.17, 15) is 4.79 Å². The van der Waals surface area contributed by atoms with Gasteiger partial charge >= 0.3 is 0 Å². The van der Waals surface area contributed by atoms with Crippen molar-refractivity contribution in [1.29, 1.82) is 0 Å². The van der Waals surface area contributed by atoms with E-state index in [1.54, 1.807) is 6.20 Å². The number of rotatable bonds is 6. The second-order valence-corrected chi connectivity index (χ2v) is 7.89. The SMILES string of the molecule is CC(C)CC(C)(CN)NC(=O)c1ccc(N2CCC(C)CC2)nc1. The minimum atomic E-state index is -0.382. The first-order valence-electron chi connectivity index (χ1n) is 9.06. The van der Waals surface area contributed by atoms with Crippen LogP contribution in [0.15, 0.2) is 18.3 Å². The molecular weight excluding hydrogens is 300 g/mol. The lowest BCUT2D eigenvalue weighted by molar-refractivity contribution is 0.0898. The maximum Gasteiger partial charge on any atom is 0.253 e. The number of aromatic nitrogens is 1. The summed E-state index contributed by atoms with van der Waals surface area (Å²) in [6.45, 7) is 11.1. The number of anilines is 1. The van der Waals surface area contributed by atoms with E-state index in [0.29, 0.717) is 18.0 Å². The highest BCUT2D eigenvalue weighted by molar-refractivity contribution is 5.94. The normalized spacial score (nSPS) is 18.5. The van der Waals surface area contributed by atoms with E-state index in [2.05, 4.69) is 36.0 Å². The van der Waals surface area contributed by atoms with Crippen LogP contribution in [0.1, 0.15) is 57.3 Å². The van der Waals surface area contributed by atoms with Gasteiger partial charge in [0.2, 0.25) is 0 Å². The fourth-order valence-corrected chi connectivity index (χ4v) is 3.38. The van der Waals surface area contributed by atoms with Crippen LogP contribution in [0.25, 0.3) is 0 Å². The van der Waals surface area contributed by atoms with Crippen molar-refractivity contribution in [3.63, 3.8) is 0 Å². The fraction of sp³-hybridized carbons (Fsp3) is 0.684. The molecule has 1 amide bonds. The topological polar surface area (TPSA) is 71.2 Å². The average molecular weight is 332 g/mol. The highest BCUT2D eigenvalue weighted by Crippen LogP contribution is 2.21. The Labute approximate surface area is 146 Å². The van der Waals surface area contributed by atoms with Crippen molar-refractivity contribution in [3.8, 4) is 0 Å². The first-order valence-corrected chi connectivity index (χ1v) is 9.06. The highest BCUT2D eigenvalue weighted by Gasteiger charge is 2.26. The lowest BCUT2D eigenvalue weighted by atomic mass is 9.90. The second kappa shape index (κ2) is 7.97. The van der Waals surface area contributed by atoms with Crippen molar-refractivity contribution in [2.24, 2.45) is 17.6 Å². The molecule has 0 spiro atoms. The fourth-order valence-electron chi connectivity index (χ4n) is 3.38. The van der Waals surface area contributed by atoms with Crippen molar-refractivity contribution in [1.82, 2.24) is 10.3 Å². The molecule has 2 heterocycles. The standard InChI is InChI=1S/C19H32N4O/c1-14(2)11-19(4,13-20)22-18(24)16-5-6-17(21-12-16)23-9-7-15(3)8-10-23/h5-6,12,14-15H,7-11,13,20H2,1-4H3,(H,22,24). The van der Waals surface area contributed by atoms with Gasteiger partial charge in [-0.15, -0.1) is 0 Å². The Balaban J connectivity index is 2.00. The average Bonchev–Trinajstić information content (AvgIpc) is 2.55. The molecule has 1 aromatic heterocycles. The molecule has 0 radical (unpaired) electrons. The van der Waals surface area contributed by atoms with E-state index in [0.717, 1.165) is 31.2 Å². The van der Waals surface area contributed by atoms with Crippen LogP contribution in [0, 0.1) is 11.8 Å². The molecule has 134 valence electrons. The van der Waals surface area contributed by atoms with E-state index in [-0.39, 0.29) is 11.4 Å². The van der Waals surface area contributed by atoms with Gasteiger partial charge in [-0.1, -0.05) is 20.8 Å². The van der Waals surface area contributed by atoms with Crippen molar-refractivity contribution in [3.05, 3.63) is 23.9 Å². The molecule has 1 aliphatic rings.